The van der Waals surface area contributed by atoms with Crippen molar-refractivity contribution in [3.63, 3.8) is 0 Å². The normalized spacial score (nSPS) is 12.0. The molecule has 0 aliphatic rings. The molecule has 5 heteroatoms. The molecule has 0 aromatic heterocycles. The number of hydrogen-bond donors (Lipinski definition) is 2. The molecule has 0 saturated heterocycles. The molecule has 2 N–H and O–H groups in total. The standard InChI is InChI=1S/C16H17ClFNO2/c1-3-21-16-7-5-12(9-14(16)17)19-10(2)13-8-11(18)4-6-15(13)20/h4-10,19-20H,3H2,1-2H3. The number of aromatic hydroxyl groups is 1. The number of phenolic OH excluding ortho intramolecular Hbond substituents is 1. The molecular weight excluding hydrogens is 293 g/mol. The van der Waals surface area contributed by atoms with Crippen LogP contribution < -0.4 is 10.1 Å². The molecule has 3 nitrogen and oxygen atoms in total. The summed E-state index contributed by atoms with van der Waals surface area (Å²) in [6, 6.07) is 8.93. The van der Waals surface area contributed by atoms with Crippen LogP contribution in [0, 0.1) is 5.82 Å². The van der Waals surface area contributed by atoms with E-state index < -0.39 is 0 Å². The van der Waals surface area contributed by atoms with E-state index in [9.17, 15) is 9.50 Å². The lowest BCUT2D eigenvalue weighted by atomic mass is 10.1. The largest absolute Gasteiger partial charge is 0.508 e. The first-order valence-corrected chi connectivity index (χ1v) is 7.06. The van der Waals surface area contributed by atoms with E-state index >= 15 is 0 Å². The molecule has 0 fully saturated rings. The fraction of sp³-hybridized carbons (Fsp3) is 0.250. The Hall–Kier alpha value is -1.94. The molecule has 0 aliphatic heterocycles. The van der Waals surface area contributed by atoms with Gasteiger partial charge in [-0.1, -0.05) is 11.6 Å². The van der Waals surface area contributed by atoms with E-state index in [-0.39, 0.29) is 17.6 Å². The minimum Gasteiger partial charge on any atom is -0.508 e. The highest BCUT2D eigenvalue weighted by atomic mass is 35.5. The first-order chi connectivity index (χ1) is 10.0. The molecule has 21 heavy (non-hydrogen) atoms. The van der Waals surface area contributed by atoms with E-state index in [0.717, 1.165) is 5.69 Å². The summed E-state index contributed by atoms with van der Waals surface area (Å²) in [5, 5.41) is 13.5. The van der Waals surface area contributed by atoms with Gasteiger partial charge >= 0.3 is 0 Å². The molecule has 1 unspecified atom stereocenters. The van der Waals surface area contributed by atoms with Crippen molar-refractivity contribution in [3.05, 3.63) is 52.8 Å². The SMILES string of the molecule is CCOc1ccc(NC(C)c2cc(F)ccc2O)cc1Cl. The number of halogens is 2. The predicted molar refractivity (Wildman–Crippen MR) is 82.7 cm³/mol. The zero-order valence-electron chi connectivity index (χ0n) is 11.9. The van der Waals surface area contributed by atoms with E-state index in [4.69, 9.17) is 16.3 Å². The van der Waals surface area contributed by atoms with Gasteiger partial charge in [-0.3, -0.25) is 0 Å². The van der Waals surface area contributed by atoms with E-state index in [2.05, 4.69) is 5.32 Å². The van der Waals surface area contributed by atoms with Crippen LogP contribution in [0.2, 0.25) is 5.02 Å². The number of hydrogen-bond acceptors (Lipinski definition) is 3. The van der Waals surface area contributed by atoms with Gasteiger partial charge in [-0.15, -0.1) is 0 Å². The molecule has 0 heterocycles. The number of phenols is 1. The molecule has 2 rings (SSSR count). The fourth-order valence-corrected chi connectivity index (χ4v) is 2.30. The van der Waals surface area contributed by atoms with Crippen molar-refractivity contribution in [2.45, 2.75) is 19.9 Å². The van der Waals surface area contributed by atoms with E-state index in [0.29, 0.717) is 22.9 Å². The van der Waals surface area contributed by atoms with Gasteiger partial charge in [-0.2, -0.15) is 0 Å². The average Bonchev–Trinajstić information content (AvgIpc) is 2.44. The molecule has 0 bridgehead atoms. The Morgan fingerprint density at radius 1 is 1.29 bits per heavy atom. The van der Waals surface area contributed by atoms with Crippen LogP contribution in [-0.2, 0) is 0 Å². The lowest BCUT2D eigenvalue weighted by molar-refractivity contribution is 0.340. The van der Waals surface area contributed by atoms with Crippen LogP contribution in [0.5, 0.6) is 11.5 Å². The maximum Gasteiger partial charge on any atom is 0.138 e. The highest BCUT2D eigenvalue weighted by Crippen LogP contribution is 2.31. The van der Waals surface area contributed by atoms with Gasteiger partial charge in [-0.25, -0.2) is 4.39 Å². The molecule has 2 aromatic rings. The van der Waals surface area contributed by atoms with Gasteiger partial charge in [0.25, 0.3) is 0 Å². The van der Waals surface area contributed by atoms with E-state index in [1.807, 2.05) is 19.9 Å². The fourth-order valence-electron chi connectivity index (χ4n) is 2.06. The van der Waals surface area contributed by atoms with Crippen LogP contribution in [0.15, 0.2) is 36.4 Å². The first-order valence-electron chi connectivity index (χ1n) is 6.68. The summed E-state index contributed by atoms with van der Waals surface area (Å²) >= 11 is 6.12. The lowest BCUT2D eigenvalue weighted by Crippen LogP contribution is -2.07. The molecule has 112 valence electrons. The van der Waals surface area contributed by atoms with Crippen molar-refractivity contribution in [1.29, 1.82) is 0 Å². The Bertz CT molecular complexity index is 634. The summed E-state index contributed by atoms with van der Waals surface area (Å²) in [4.78, 5) is 0. The van der Waals surface area contributed by atoms with Gasteiger partial charge in [0, 0.05) is 11.3 Å². The maximum atomic E-state index is 13.3. The molecule has 0 amide bonds. The number of anilines is 1. The third-order valence-electron chi connectivity index (χ3n) is 3.07. The zero-order valence-corrected chi connectivity index (χ0v) is 12.6. The summed E-state index contributed by atoms with van der Waals surface area (Å²) in [5.41, 5.74) is 1.25. The van der Waals surface area contributed by atoms with Gasteiger partial charge < -0.3 is 15.2 Å². The Labute approximate surface area is 128 Å². The Balaban J connectivity index is 2.17. The van der Waals surface area contributed by atoms with Gasteiger partial charge in [0.15, 0.2) is 0 Å². The van der Waals surface area contributed by atoms with Crippen LogP contribution in [-0.4, -0.2) is 11.7 Å². The van der Waals surface area contributed by atoms with Crippen molar-refractivity contribution in [2.24, 2.45) is 0 Å². The Morgan fingerprint density at radius 2 is 2.05 bits per heavy atom. The predicted octanol–water partition coefficient (Wildman–Crippen LogP) is 4.76. The van der Waals surface area contributed by atoms with Gasteiger partial charge in [-0.05, 0) is 50.2 Å². The second-order valence-corrected chi connectivity index (χ2v) is 5.05. The summed E-state index contributed by atoms with van der Waals surface area (Å²) in [6.07, 6.45) is 0. The lowest BCUT2D eigenvalue weighted by Gasteiger charge is -2.18. The van der Waals surface area contributed by atoms with Crippen molar-refractivity contribution in [2.75, 3.05) is 11.9 Å². The molecule has 0 saturated carbocycles. The number of benzene rings is 2. The number of nitrogens with one attached hydrogen (secondary N) is 1. The monoisotopic (exact) mass is 309 g/mol. The van der Waals surface area contributed by atoms with Crippen molar-refractivity contribution >= 4 is 17.3 Å². The quantitative estimate of drug-likeness (QED) is 0.837. The molecule has 0 radical (unpaired) electrons. The number of ether oxygens (including phenoxy) is 1. The molecule has 2 aromatic carbocycles. The minimum absolute atomic E-state index is 0.0495. The van der Waals surface area contributed by atoms with Crippen LogP contribution in [0.25, 0.3) is 0 Å². The first kappa shape index (κ1) is 15.4. The third kappa shape index (κ3) is 3.79. The Kier molecular flexibility index (Phi) is 4.91. The Morgan fingerprint density at radius 3 is 2.71 bits per heavy atom. The van der Waals surface area contributed by atoms with Crippen LogP contribution in [0.3, 0.4) is 0 Å². The second-order valence-electron chi connectivity index (χ2n) is 4.65. The summed E-state index contributed by atoms with van der Waals surface area (Å²) in [5.74, 6) is 0.278. The third-order valence-corrected chi connectivity index (χ3v) is 3.37. The zero-order chi connectivity index (χ0) is 15.4. The van der Waals surface area contributed by atoms with Crippen molar-refractivity contribution in [3.8, 4) is 11.5 Å². The summed E-state index contributed by atoms with van der Waals surface area (Å²) in [6.45, 7) is 4.26. The van der Waals surface area contributed by atoms with Crippen molar-refractivity contribution < 1.29 is 14.2 Å². The molecule has 0 aliphatic carbocycles. The summed E-state index contributed by atoms with van der Waals surface area (Å²) < 4.78 is 18.6. The average molecular weight is 310 g/mol. The topological polar surface area (TPSA) is 41.5 Å². The maximum absolute atomic E-state index is 13.3. The van der Waals surface area contributed by atoms with E-state index in [1.165, 1.54) is 18.2 Å². The minimum atomic E-state index is -0.388. The summed E-state index contributed by atoms with van der Waals surface area (Å²) in [7, 11) is 0. The van der Waals surface area contributed by atoms with Crippen molar-refractivity contribution in [1.82, 2.24) is 0 Å². The number of rotatable bonds is 5. The van der Waals surface area contributed by atoms with E-state index in [1.54, 1.807) is 12.1 Å². The van der Waals surface area contributed by atoms with Crippen LogP contribution >= 0.6 is 11.6 Å². The molecule has 0 spiro atoms. The second kappa shape index (κ2) is 6.68. The smallest absolute Gasteiger partial charge is 0.138 e. The molecule has 1 atom stereocenters. The van der Waals surface area contributed by atoms with Crippen LogP contribution in [0.1, 0.15) is 25.5 Å². The van der Waals surface area contributed by atoms with Crippen LogP contribution in [0.4, 0.5) is 10.1 Å². The highest BCUT2D eigenvalue weighted by Gasteiger charge is 2.12. The van der Waals surface area contributed by atoms with Gasteiger partial charge in [0.05, 0.1) is 17.7 Å². The highest BCUT2D eigenvalue weighted by molar-refractivity contribution is 6.32. The molecular formula is C16H17ClFNO2. The van der Waals surface area contributed by atoms with Gasteiger partial charge in [0.1, 0.15) is 17.3 Å². The van der Waals surface area contributed by atoms with Gasteiger partial charge in [0.2, 0.25) is 0 Å².